The van der Waals surface area contributed by atoms with E-state index in [2.05, 4.69) is 0 Å². The molecule has 2 aliphatic heterocycles. The number of nitrogens with zero attached hydrogens (tertiary/aromatic N) is 2. The Morgan fingerprint density at radius 1 is 1.12 bits per heavy atom. The van der Waals surface area contributed by atoms with Crippen LogP contribution in [-0.4, -0.2) is 36.9 Å². The van der Waals surface area contributed by atoms with Crippen molar-refractivity contribution in [3.05, 3.63) is 64.7 Å². The lowest BCUT2D eigenvalue weighted by molar-refractivity contribution is -0.122. The topological polar surface area (TPSA) is 40.6 Å². The third-order valence-corrected chi connectivity index (χ3v) is 5.49. The molecule has 2 aliphatic rings. The lowest BCUT2D eigenvalue weighted by atomic mass is 9.81. The molecule has 1 saturated heterocycles. The number of likely N-dealkylation sites (tertiary alicyclic amines) is 1. The molecule has 0 aliphatic carbocycles. The van der Waals surface area contributed by atoms with Crippen LogP contribution in [-0.2, 0) is 10.2 Å². The monoisotopic (exact) mass is 340 g/mol. The SMILES string of the molecule is CN1C(=O)C2(CCN(C(=O)c3ccccc3Cl)C2)c2ccccc21. The van der Waals surface area contributed by atoms with Crippen molar-refractivity contribution >= 4 is 29.1 Å². The highest BCUT2D eigenvalue weighted by molar-refractivity contribution is 6.33. The molecule has 1 unspecified atom stereocenters. The normalized spacial score (nSPS) is 22.3. The highest BCUT2D eigenvalue weighted by atomic mass is 35.5. The van der Waals surface area contributed by atoms with Crippen LogP contribution < -0.4 is 4.90 Å². The van der Waals surface area contributed by atoms with E-state index in [-0.39, 0.29) is 11.8 Å². The standard InChI is InChI=1S/C19H17ClN2O2/c1-21-16-9-5-3-7-14(16)19(18(21)24)10-11-22(12-19)17(23)13-6-2-4-8-15(13)20/h2-9H,10-12H2,1H3. The average Bonchev–Trinajstić information content (AvgIpc) is 3.14. The van der Waals surface area contributed by atoms with Gasteiger partial charge < -0.3 is 9.80 Å². The van der Waals surface area contributed by atoms with Crippen molar-refractivity contribution in [3.63, 3.8) is 0 Å². The lowest BCUT2D eigenvalue weighted by Crippen LogP contribution is -2.42. The predicted octanol–water partition coefficient (Wildman–Crippen LogP) is 3.10. The Morgan fingerprint density at radius 2 is 1.83 bits per heavy atom. The highest BCUT2D eigenvalue weighted by Crippen LogP contribution is 2.46. The van der Waals surface area contributed by atoms with Gasteiger partial charge in [0.05, 0.1) is 16.0 Å². The largest absolute Gasteiger partial charge is 0.337 e. The van der Waals surface area contributed by atoms with E-state index < -0.39 is 5.41 Å². The van der Waals surface area contributed by atoms with Gasteiger partial charge in [-0.2, -0.15) is 0 Å². The van der Waals surface area contributed by atoms with E-state index in [1.54, 1.807) is 41.1 Å². The van der Waals surface area contributed by atoms with Gasteiger partial charge in [-0.05, 0) is 30.2 Å². The zero-order chi connectivity index (χ0) is 16.9. The number of para-hydroxylation sites is 1. The van der Waals surface area contributed by atoms with Gasteiger partial charge in [-0.3, -0.25) is 9.59 Å². The van der Waals surface area contributed by atoms with E-state index in [4.69, 9.17) is 11.6 Å². The van der Waals surface area contributed by atoms with Crippen LogP contribution in [0.3, 0.4) is 0 Å². The quantitative estimate of drug-likeness (QED) is 0.800. The number of amides is 2. The van der Waals surface area contributed by atoms with Gasteiger partial charge in [0, 0.05) is 25.8 Å². The van der Waals surface area contributed by atoms with Crippen LogP contribution >= 0.6 is 11.6 Å². The van der Waals surface area contributed by atoms with Crippen molar-refractivity contribution in [1.29, 1.82) is 0 Å². The van der Waals surface area contributed by atoms with Crippen LogP contribution in [0.15, 0.2) is 48.5 Å². The maximum absolute atomic E-state index is 12.9. The highest BCUT2D eigenvalue weighted by Gasteiger charge is 2.54. The first kappa shape index (κ1) is 15.2. The molecule has 2 aromatic rings. The van der Waals surface area contributed by atoms with E-state index in [1.807, 2.05) is 24.3 Å². The van der Waals surface area contributed by atoms with Gasteiger partial charge in [0.2, 0.25) is 5.91 Å². The summed E-state index contributed by atoms with van der Waals surface area (Å²) in [6.45, 7) is 0.954. The summed E-state index contributed by atoms with van der Waals surface area (Å²) in [7, 11) is 1.80. The summed E-state index contributed by atoms with van der Waals surface area (Å²) in [4.78, 5) is 29.2. The van der Waals surface area contributed by atoms with Crippen molar-refractivity contribution in [3.8, 4) is 0 Å². The minimum absolute atomic E-state index is 0.0677. The van der Waals surface area contributed by atoms with Crippen LogP contribution in [0.25, 0.3) is 0 Å². The van der Waals surface area contributed by atoms with E-state index >= 15 is 0 Å². The Hall–Kier alpha value is -2.33. The molecular formula is C19H17ClN2O2. The minimum Gasteiger partial charge on any atom is -0.337 e. The Bertz CT molecular complexity index is 851. The first-order chi connectivity index (χ1) is 11.5. The first-order valence-corrected chi connectivity index (χ1v) is 8.34. The first-order valence-electron chi connectivity index (χ1n) is 7.96. The molecule has 1 spiro atoms. The fourth-order valence-corrected chi connectivity index (χ4v) is 4.12. The smallest absolute Gasteiger partial charge is 0.255 e. The number of fused-ring (bicyclic) bond motifs is 2. The molecule has 4 nitrogen and oxygen atoms in total. The number of halogens is 1. The molecule has 122 valence electrons. The van der Waals surface area contributed by atoms with Gasteiger partial charge in [-0.1, -0.05) is 41.9 Å². The predicted molar refractivity (Wildman–Crippen MR) is 93.5 cm³/mol. The Kier molecular flexibility index (Phi) is 3.39. The maximum atomic E-state index is 12.9. The summed E-state index contributed by atoms with van der Waals surface area (Å²) in [6, 6.07) is 14.9. The molecule has 0 radical (unpaired) electrons. The van der Waals surface area contributed by atoms with Gasteiger partial charge >= 0.3 is 0 Å². The van der Waals surface area contributed by atoms with Gasteiger partial charge in [0.1, 0.15) is 0 Å². The Balaban J connectivity index is 1.69. The Morgan fingerprint density at radius 3 is 2.62 bits per heavy atom. The number of anilines is 1. The van der Waals surface area contributed by atoms with Gasteiger partial charge in [0.15, 0.2) is 0 Å². The second-order valence-corrected chi connectivity index (χ2v) is 6.83. The lowest BCUT2D eigenvalue weighted by Gasteiger charge is -2.23. The fourth-order valence-electron chi connectivity index (χ4n) is 3.90. The van der Waals surface area contributed by atoms with Crippen LogP contribution in [0.2, 0.25) is 5.02 Å². The molecule has 2 aromatic carbocycles. The van der Waals surface area contributed by atoms with Crippen molar-refractivity contribution in [1.82, 2.24) is 4.90 Å². The van der Waals surface area contributed by atoms with E-state index in [1.165, 1.54) is 0 Å². The number of likely N-dealkylation sites (N-methyl/N-ethyl adjacent to an activating group) is 1. The molecule has 1 atom stereocenters. The number of carbonyl (C=O) groups excluding carboxylic acids is 2. The van der Waals surface area contributed by atoms with Gasteiger partial charge in [-0.25, -0.2) is 0 Å². The third kappa shape index (κ3) is 1.99. The molecule has 0 bridgehead atoms. The number of hydrogen-bond acceptors (Lipinski definition) is 2. The molecule has 0 aromatic heterocycles. The minimum atomic E-state index is -0.623. The van der Waals surface area contributed by atoms with Crippen LogP contribution in [0.1, 0.15) is 22.3 Å². The van der Waals surface area contributed by atoms with Crippen molar-refractivity contribution in [2.45, 2.75) is 11.8 Å². The number of carbonyl (C=O) groups is 2. The molecule has 2 amide bonds. The fraction of sp³-hybridized carbons (Fsp3) is 0.263. The van der Waals surface area contributed by atoms with Crippen LogP contribution in [0.4, 0.5) is 5.69 Å². The van der Waals surface area contributed by atoms with Crippen molar-refractivity contribution < 1.29 is 9.59 Å². The number of hydrogen-bond donors (Lipinski definition) is 0. The molecule has 4 rings (SSSR count). The van der Waals surface area contributed by atoms with Gasteiger partial charge in [0.25, 0.3) is 5.91 Å². The summed E-state index contributed by atoms with van der Waals surface area (Å²) >= 11 is 6.16. The molecule has 0 N–H and O–H groups in total. The second kappa shape index (κ2) is 5.35. The van der Waals surface area contributed by atoms with Crippen LogP contribution in [0.5, 0.6) is 0 Å². The summed E-state index contributed by atoms with van der Waals surface area (Å²) in [5, 5.41) is 0.443. The average molecular weight is 341 g/mol. The van der Waals surface area contributed by atoms with Crippen molar-refractivity contribution in [2.24, 2.45) is 0 Å². The van der Waals surface area contributed by atoms with E-state index in [9.17, 15) is 9.59 Å². The van der Waals surface area contributed by atoms with Gasteiger partial charge in [-0.15, -0.1) is 0 Å². The van der Waals surface area contributed by atoms with Crippen LogP contribution in [0, 0.1) is 0 Å². The summed E-state index contributed by atoms with van der Waals surface area (Å²) in [5.74, 6) is -0.0459. The van der Waals surface area contributed by atoms with E-state index in [0.717, 1.165) is 11.3 Å². The number of rotatable bonds is 1. The zero-order valence-electron chi connectivity index (χ0n) is 13.3. The Labute approximate surface area is 145 Å². The zero-order valence-corrected chi connectivity index (χ0v) is 14.1. The molecule has 5 heteroatoms. The summed E-state index contributed by atoms with van der Waals surface area (Å²) in [6.07, 6.45) is 0.642. The molecule has 0 saturated carbocycles. The number of benzene rings is 2. The summed E-state index contributed by atoms with van der Waals surface area (Å²) in [5.41, 5.74) is 1.83. The molecule has 2 heterocycles. The second-order valence-electron chi connectivity index (χ2n) is 6.42. The molecule has 24 heavy (non-hydrogen) atoms. The maximum Gasteiger partial charge on any atom is 0.255 e. The summed E-state index contributed by atoms with van der Waals surface area (Å²) < 4.78 is 0. The molecule has 1 fully saturated rings. The molecular weight excluding hydrogens is 324 g/mol. The third-order valence-electron chi connectivity index (χ3n) is 5.16. The van der Waals surface area contributed by atoms with Crippen molar-refractivity contribution in [2.75, 3.05) is 25.0 Å². The van der Waals surface area contributed by atoms with E-state index in [0.29, 0.717) is 30.1 Å².